The fourth-order valence-corrected chi connectivity index (χ4v) is 2.17. The maximum Gasteiger partial charge on any atom is 0.246 e. The van der Waals surface area contributed by atoms with Crippen molar-refractivity contribution < 1.29 is 9.53 Å². The van der Waals surface area contributed by atoms with Crippen LogP contribution in [0.15, 0.2) is 43.0 Å². The van der Waals surface area contributed by atoms with Crippen LogP contribution in [0.5, 0.6) is 0 Å². The highest BCUT2D eigenvalue weighted by molar-refractivity contribution is 5.98. The monoisotopic (exact) mass is 272 g/mol. The summed E-state index contributed by atoms with van der Waals surface area (Å²) in [6, 6.07) is 7.52. The summed E-state index contributed by atoms with van der Waals surface area (Å²) in [5.74, 6) is -0.210. The molecule has 1 aliphatic rings. The number of carbonyl (C=O) groups is 1. The van der Waals surface area contributed by atoms with Gasteiger partial charge in [0, 0.05) is 30.4 Å². The summed E-state index contributed by atoms with van der Waals surface area (Å²) in [5, 5.41) is 2.85. The Hall–Kier alpha value is -2.18. The van der Waals surface area contributed by atoms with Crippen molar-refractivity contribution in [3.8, 4) is 5.69 Å². The molecule has 20 heavy (non-hydrogen) atoms. The molecule has 3 N–H and O–H groups in total. The standard InChI is InChI=1S/C14H16N4O2/c15-14(4-7-20-9-14)13(19)17-11-2-1-3-12(8-11)18-6-5-16-10-18/h1-3,5-6,8,10H,4,7,9,15H2,(H,17,19). The highest BCUT2D eigenvalue weighted by atomic mass is 16.5. The Labute approximate surface area is 116 Å². The third kappa shape index (κ3) is 2.43. The molecule has 0 saturated carbocycles. The van der Waals surface area contributed by atoms with Gasteiger partial charge in [-0.25, -0.2) is 4.98 Å². The molecule has 104 valence electrons. The lowest BCUT2D eigenvalue weighted by Gasteiger charge is -2.20. The Morgan fingerprint density at radius 1 is 1.50 bits per heavy atom. The number of amides is 1. The zero-order valence-electron chi connectivity index (χ0n) is 11.0. The van der Waals surface area contributed by atoms with Gasteiger partial charge in [0.15, 0.2) is 0 Å². The summed E-state index contributed by atoms with van der Waals surface area (Å²) in [6.45, 7) is 0.791. The van der Waals surface area contributed by atoms with Crippen molar-refractivity contribution in [3.05, 3.63) is 43.0 Å². The SMILES string of the molecule is NC1(C(=O)Nc2cccc(-n3ccnc3)c2)CCOC1. The minimum absolute atomic E-state index is 0.210. The first-order valence-electron chi connectivity index (χ1n) is 6.44. The number of carbonyl (C=O) groups excluding carboxylic acids is 1. The quantitative estimate of drug-likeness (QED) is 0.870. The summed E-state index contributed by atoms with van der Waals surface area (Å²) in [6.07, 6.45) is 5.79. The first-order valence-corrected chi connectivity index (χ1v) is 6.44. The molecule has 3 rings (SSSR count). The van der Waals surface area contributed by atoms with Gasteiger partial charge in [-0.05, 0) is 24.6 Å². The van der Waals surface area contributed by atoms with E-state index >= 15 is 0 Å². The number of rotatable bonds is 3. The molecule has 6 nitrogen and oxygen atoms in total. The van der Waals surface area contributed by atoms with Crippen molar-refractivity contribution in [2.75, 3.05) is 18.5 Å². The number of nitrogens with zero attached hydrogens (tertiary/aromatic N) is 2. The molecule has 6 heteroatoms. The molecular formula is C14H16N4O2. The number of hydrogen-bond acceptors (Lipinski definition) is 4. The maximum atomic E-state index is 12.2. The zero-order valence-corrected chi connectivity index (χ0v) is 11.0. The van der Waals surface area contributed by atoms with Crippen LogP contribution in [0.25, 0.3) is 5.69 Å². The van der Waals surface area contributed by atoms with Crippen molar-refractivity contribution in [3.63, 3.8) is 0 Å². The molecule has 2 heterocycles. The van der Waals surface area contributed by atoms with Gasteiger partial charge in [-0.2, -0.15) is 0 Å². The number of hydrogen-bond donors (Lipinski definition) is 2. The van der Waals surface area contributed by atoms with E-state index in [1.807, 2.05) is 35.0 Å². The van der Waals surface area contributed by atoms with Crippen LogP contribution in [-0.2, 0) is 9.53 Å². The predicted octanol–water partition coefficient (Wildman–Crippen LogP) is 0.929. The van der Waals surface area contributed by atoms with Crippen LogP contribution in [0, 0.1) is 0 Å². The first-order chi connectivity index (χ1) is 9.67. The number of aromatic nitrogens is 2. The van der Waals surface area contributed by atoms with Crippen LogP contribution in [0.3, 0.4) is 0 Å². The normalized spacial score (nSPS) is 21.9. The van der Waals surface area contributed by atoms with E-state index in [1.54, 1.807) is 12.5 Å². The number of anilines is 1. The second-order valence-corrected chi connectivity index (χ2v) is 4.93. The molecule has 1 saturated heterocycles. The first kappa shape index (κ1) is 12.8. The number of nitrogens with two attached hydrogens (primary N) is 1. The minimum atomic E-state index is -0.926. The van der Waals surface area contributed by atoms with Gasteiger partial charge in [0.2, 0.25) is 5.91 Å². The van der Waals surface area contributed by atoms with Gasteiger partial charge in [0.1, 0.15) is 5.54 Å². The lowest BCUT2D eigenvalue weighted by molar-refractivity contribution is -0.121. The Morgan fingerprint density at radius 2 is 2.40 bits per heavy atom. The predicted molar refractivity (Wildman–Crippen MR) is 74.5 cm³/mol. The summed E-state index contributed by atoms with van der Waals surface area (Å²) in [7, 11) is 0. The topological polar surface area (TPSA) is 82.2 Å². The average Bonchev–Trinajstić information content (AvgIpc) is 3.11. The van der Waals surface area contributed by atoms with Crippen LogP contribution < -0.4 is 11.1 Å². The fourth-order valence-electron chi connectivity index (χ4n) is 2.17. The molecule has 0 spiro atoms. The second-order valence-electron chi connectivity index (χ2n) is 4.93. The second kappa shape index (κ2) is 5.07. The van der Waals surface area contributed by atoms with E-state index in [2.05, 4.69) is 10.3 Å². The zero-order chi connectivity index (χ0) is 14.0. The summed E-state index contributed by atoms with van der Waals surface area (Å²) < 4.78 is 7.07. The smallest absolute Gasteiger partial charge is 0.246 e. The van der Waals surface area contributed by atoms with E-state index in [0.717, 1.165) is 5.69 Å². The highest BCUT2D eigenvalue weighted by Crippen LogP contribution is 2.20. The van der Waals surface area contributed by atoms with E-state index < -0.39 is 5.54 Å². The molecule has 1 atom stereocenters. The van der Waals surface area contributed by atoms with E-state index in [4.69, 9.17) is 10.5 Å². The van der Waals surface area contributed by atoms with Crippen molar-refractivity contribution in [2.45, 2.75) is 12.0 Å². The molecule has 0 aliphatic carbocycles. The largest absolute Gasteiger partial charge is 0.379 e. The third-order valence-electron chi connectivity index (χ3n) is 3.41. The third-order valence-corrected chi connectivity index (χ3v) is 3.41. The number of benzene rings is 1. The van der Waals surface area contributed by atoms with Gasteiger partial charge in [0.05, 0.1) is 12.9 Å². The fraction of sp³-hybridized carbons (Fsp3) is 0.286. The van der Waals surface area contributed by atoms with Gasteiger partial charge in [-0.15, -0.1) is 0 Å². The van der Waals surface area contributed by atoms with Crippen LogP contribution in [-0.4, -0.2) is 34.2 Å². The molecule has 0 radical (unpaired) electrons. The lowest BCUT2D eigenvalue weighted by atomic mass is 9.99. The van der Waals surface area contributed by atoms with Crippen molar-refractivity contribution >= 4 is 11.6 Å². The molecule has 1 aromatic heterocycles. The van der Waals surface area contributed by atoms with Gasteiger partial charge in [-0.3, -0.25) is 4.79 Å². The van der Waals surface area contributed by atoms with E-state index in [0.29, 0.717) is 18.7 Å². The Balaban J connectivity index is 1.78. The molecule has 1 aromatic carbocycles. The number of imidazole rings is 1. The molecular weight excluding hydrogens is 256 g/mol. The Bertz CT molecular complexity index is 603. The molecule has 2 aromatic rings. The van der Waals surface area contributed by atoms with Crippen LogP contribution in [0.2, 0.25) is 0 Å². The molecule has 1 amide bonds. The molecule has 1 unspecified atom stereocenters. The maximum absolute atomic E-state index is 12.2. The minimum Gasteiger partial charge on any atom is -0.379 e. The van der Waals surface area contributed by atoms with Crippen molar-refractivity contribution in [1.29, 1.82) is 0 Å². The van der Waals surface area contributed by atoms with Crippen LogP contribution in [0.4, 0.5) is 5.69 Å². The van der Waals surface area contributed by atoms with Crippen molar-refractivity contribution in [2.24, 2.45) is 5.73 Å². The van der Waals surface area contributed by atoms with E-state index in [-0.39, 0.29) is 12.5 Å². The molecule has 1 fully saturated rings. The lowest BCUT2D eigenvalue weighted by Crippen LogP contribution is -2.51. The van der Waals surface area contributed by atoms with Gasteiger partial charge in [-0.1, -0.05) is 6.07 Å². The van der Waals surface area contributed by atoms with Gasteiger partial charge in [0.25, 0.3) is 0 Å². The van der Waals surface area contributed by atoms with Crippen LogP contribution >= 0.6 is 0 Å². The Morgan fingerprint density at radius 3 is 3.10 bits per heavy atom. The molecule has 1 aliphatic heterocycles. The summed E-state index contributed by atoms with van der Waals surface area (Å²) in [4.78, 5) is 16.2. The van der Waals surface area contributed by atoms with E-state index in [9.17, 15) is 4.79 Å². The van der Waals surface area contributed by atoms with Gasteiger partial charge >= 0.3 is 0 Å². The molecule has 0 bridgehead atoms. The number of nitrogens with one attached hydrogen (secondary N) is 1. The average molecular weight is 272 g/mol. The highest BCUT2D eigenvalue weighted by Gasteiger charge is 2.38. The summed E-state index contributed by atoms with van der Waals surface area (Å²) >= 11 is 0. The Kier molecular flexibility index (Phi) is 3.25. The van der Waals surface area contributed by atoms with Crippen molar-refractivity contribution in [1.82, 2.24) is 9.55 Å². The van der Waals surface area contributed by atoms with E-state index in [1.165, 1.54) is 0 Å². The van der Waals surface area contributed by atoms with Gasteiger partial charge < -0.3 is 20.4 Å². The number of ether oxygens (including phenoxy) is 1. The summed E-state index contributed by atoms with van der Waals surface area (Å²) in [5.41, 5.74) is 6.74. The van der Waals surface area contributed by atoms with Crippen LogP contribution in [0.1, 0.15) is 6.42 Å².